The first kappa shape index (κ1) is 14.0. The maximum atomic E-state index is 5.48. The van der Waals surface area contributed by atoms with Crippen LogP contribution in [0.1, 0.15) is 75.7 Å². The zero-order valence-electron chi connectivity index (χ0n) is 12.5. The van der Waals surface area contributed by atoms with Gasteiger partial charge in [0.25, 0.3) is 0 Å². The van der Waals surface area contributed by atoms with E-state index in [0.29, 0.717) is 11.9 Å². The van der Waals surface area contributed by atoms with Gasteiger partial charge in [0.15, 0.2) is 0 Å². The molecule has 4 unspecified atom stereocenters. The minimum Gasteiger partial charge on any atom is -0.373 e. The van der Waals surface area contributed by atoms with Gasteiger partial charge in [0.05, 0.1) is 6.04 Å². The Labute approximate surface area is 120 Å². The van der Waals surface area contributed by atoms with Crippen LogP contribution in [0.4, 0.5) is 0 Å². The maximum absolute atomic E-state index is 5.48. The largest absolute Gasteiger partial charge is 0.373 e. The Morgan fingerprint density at radius 2 is 2.25 bits per heavy atom. The summed E-state index contributed by atoms with van der Waals surface area (Å²) < 4.78 is 10.9. The van der Waals surface area contributed by atoms with Crippen molar-refractivity contribution < 1.29 is 9.26 Å². The van der Waals surface area contributed by atoms with Gasteiger partial charge in [-0.1, -0.05) is 31.3 Å². The van der Waals surface area contributed by atoms with Gasteiger partial charge in [-0.05, 0) is 31.6 Å². The fraction of sp³-hybridized carbons (Fsp3) is 0.867. The number of hydrogen-bond acceptors (Lipinski definition) is 5. The number of rotatable bonds is 5. The van der Waals surface area contributed by atoms with Crippen LogP contribution in [0.5, 0.6) is 0 Å². The quantitative estimate of drug-likeness (QED) is 0.897. The summed E-state index contributed by atoms with van der Waals surface area (Å²) in [6.45, 7) is 2.14. The summed E-state index contributed by atoms with van der Waals surface area (Å²) in [4.78, 5) is 4.57. The van der Waals surface area contributed by atoms with Crippen molar-refractivity contribution in [1.82, 2.24) is 15.5 Å². The molecule has 0 radical (unpaired) electrons. The van der Waals surface area contributed by atoms with Gasteiger partial charge in [0, 0.05) is 13.2 Å². The third-order valence-electron chi connectivity index (χ3n) is 4.74. The Kier molecular flexibility index (Phi) is 4.36. The van der Waals surface area contributed by atoms with Gasteiger partial charge < -0.3 is 14.6 Å². The van der Waals surface area contributed by atoms with Crippen LogP contribution in [0, 0.1) is 5.92 Å². The molecule has 0 bridgehead atoms. The first-order valence-corrected chi connectivity index (χ1v) is 7.94. The van der Waals surface area contributed by atoms with Crippen molar-refractivity contribution in [2.24, 2.45) is 5.92 Å². The highest BCUT2D eigenvalue weighted by molar-refractivity contribution is 5.02. The molecule has 5 heteroatoms. The van der Waals surface area contributed by atoms with E-state index in [9.17, 15) is 0 Å². The highest BCUT2D eigenvalue weighted by Gasteiger charge is 2.38. The first-order valence-electron chi connectivity index (χ1n) is 7.94. The molecule has 20 heavy (non-hydrogen) atoms. The van der Waals surface area contributed by atoms with Gasteiger partial charge >= 0.3 is 0 Å². The van der Waals surface area contributed by atoms with E-state index in [1.165, 1.54) is 25.7 Å². The molecule has 1 aliphatic heterocycles. The SMILES string of the molecule is CCCC(OC)c1noc(C2CC3CCCCC3N2)n1. The smallest absolute Gasteiger partial charge is 0.243 e. The van der Waals surface area contributed by atoms with E-state index in [4.69, 9.17) is 9.26 Å². The van der Waals surface area contributed by atoms with Crippen LogP contribution in [-0.4, -0.2) is 23.3 Å². The number of methoxy groups -OCH3 is 1. The molecule has 1 saturated heterocycles. The second-order valence-corrected chi connectivity index (χ2v) is 6.11. The average molecular weight is 279 g/mol. The fourth-order valence-electron chi connectivity index (χ4n) is 3.64. The number of nitrogens with one attached hydrogen (secondary N) is 1. The van der Waals surface area contributed by atoms with E-state index in [1.54, 1.807) is 7.11 Å². The van der Waals surface area contributed by atoms with Crippen LogP contribution in [-0.2, 0) is 4.74 Å². The van der Waals surface area contributed by atoms with Crippen LogP contribution >= 0.6 is 0 Å². The Morgan fingerprint density at radius 3 is 3.00 bits per heavy atom. The molecule has 1 N–H and O–H groups in total. The molecule has 112 valence electrons. The van der Waals surface area contributed by atoms with Gasteiger partial charge in [-0.3, -0.25) is 0 Å². The lowest BCUT2D eigenvalue weighted by atomic mass is 9.85. The van der Waals surface area contributed by atoms with E-state index in [1.807, 2.05) is 0 Å². The highest BCUT2D eigenvalue weighted by atomic mass is 16.5. The number of ether oxygens (including phenoxy) is 1. The molecule has 3 rings (SSSR count). The van der Waals surface area contributed by atoms with Crippen molar-refractivity contribution in [2.75, 3.05) is 7.11 Å². The molecule has 2 fully saturated rings. The molecule has 5 nitrogen and oxygen atoms in total. The van der Waals surface area contributed by atoms with Gasteiger partial charge in [-0.25, -0.2) is 0 Å². The van der Waals surface area contributed by atoms with Crippen LogP contribution in [0.3, 0.4) is 0 Å². The van der Waals surface area contributed by atoms with E-state index in [2.05, 4.69) is 22.4 Å². The Hall–Kier alpha value is -0.940. The maximum Gasteiger partial charge on any atom is 0.243 e. The summed E-state index contributed by atoms with van der Waals surface area (Å²) in [5.41, 5.74) is 0. The molecular formula is C15H25N3O2. The summed E-state index contributed by atoms with van der Waals surface area (Å²) in [6.07, 6.45) is 8.42. The molecule has 2 heterocycles. The van der Waals surface area contributed by atoms with E-state index >= 15 is 0 Å². The molecule has 1 aliphatic carbocycles. The van der Waals surface area contributed by atoms with E-state index in [-0.39, 0.29) is 12.1 Å². The molecule has 0 aromatic carbocycles. The third kappa shape index (κ3) is 2.74. The summed E-state index contributed by atoms with van der Waals surface area (Å²) >= 11 is 0. The van der Waals surface area contributed by atoms with Gasteiger partial charge in [-0.2, -0.15) is 4.98 Å². The lowest BCUT2D eigenvalue weighted by molar-refractivity contribution is 0.0854. The Morgan fingerprint density at radius 1 is 1.40 bits per heavy atom. The third-order valence-corrected chi connectivity index (χ3v) is 4.74. The van der Waals surface area contributed by atoms with Crippen molar-refractivity contribution in [3.63, 3.8) is 0 Å². The number of fused-ring (bicyclic) bond motifs is 1. The second-order valence-electron chi connectivity index (χ2n) is 6.11. The summed E-state index contributed by atoms with van der Waals surface area (Å²) in [5.74, 6) is 2.23. The summed E-state index contributed by atoms with van der Waals surface area (Å²) in [5, 5.41) is 7.79. The highest BCUT2D eigenvalue weighted by Crippen LogP contribution is 2.38. The lowest BCUT2D eigenvalue weighted by Gasteiger charge is -2.24. The van der Waals surface area contributed by atoms with Crippen molar-refractivity contribution >= 4 is 0 Å². The molecule has 4 atom stereocenters. The van der Waals surface area contributed by atoms with Crippen molar-refractivity contribution in [3.05, 3.63) is 11.7 Å². The lowest BCUT2D eigenvalue weighted by Crippen LogP contribution is -2.30. The molecule has 2 aliphatic rings. The zero-order valence-corrected chi connectivity index (χ0v) is 12.5. The molecule has 0 amide bonds. The fourth-order valence-corrected chi connectivity index (χ4v) is 3.64. The Bertz CT molecular complexity index is 421. The van der Waals surface area contributed by atoms with Gasteiger partial charge in [0.1, 0.15) is 6.10 Å². The van der Waals surface area contributed by atoms with Crippen LogP contribution in [0.15, 0.2) is 4.52 Å². The number of nitrogens with zero attached hydrogens (tertiary/aromatic N) is 2. The normalized spacial score (nSPS) is 31.2. The number of aromatic nitrogens is 2. The molecular weight excluding hydrogens is 254 g/mol. The van der Waals surface area contributed by atoms with Crippen molar-refractivity contribution in [1.29, 1.82) is 0 Å². The van der Waals surface area contributed by atoms with Gasteiger partial charge in [0.2, 0.25) is 11.7 Å². The van der Waals surface area contributed by atoms with E-state index in [0.717, 1.165) is 31.1 Å². The Balaban J connectivity index is 1.67. The predicted octanol–water partition coefficient (Wildman–Crippen LogP) is 3.15. The standard InChI is InChI=1S/C15H25N3O2/c1-3-6-13(19-2)14-17-15(20-18-14)12-9-10-7-4-5-8-11(10)16-12/h10-13,16H,3-9H2,1-2H3. The molecule has 1 aromatic rings. The molecule has 0 spiro atoms. The molecule has 1 aromatic heterocycles. The number of hydrogen-bond donors (Lipinski definition) is 1. The van der Waals surface area contributed by atoms with Crippen LogP contribution in [0.2, 0.25) is 0 Å². The first-order chi connectivity index (χ1) is 9.81. The monoisotopic (exact) mass is 279 g/mol. The van der Waals surface area contributed by atoms with Crippen LogP contribution < -0.4 is 5.32 Å². The van der Waals surface area contributed by atoms with Gasteiger partial charge in [-0.15, -0.1) is 0 Å². The topological polar surface area (TPSA) is 60.2 Å². The minimum absolute atomic E-state index is 0.0406. The zero-order chi connectivity index (χ0) is 13.9. The van der Waals surface area contributed by atoms with Crippen molar-refractivity contribution in [3.8, 4) is 0 Å². The van der Waals surface area contributed by atoms with Crippen LogP contribution in [0.25, 0.3) is 0 Å². The molecule has 1 saturated carbocycles. The average Bonchev–Trinajstić information content (AvgIpc) is 3.10. The minimum atomic E-state index is -0.0406. The summed E-state index contributed by atoms with van der Waals surface area (Å²) in [7, 11) is 1.71. The van der Waals surface area contributed by atoms with E-state index < -0.39 is 0 Å². The van der Waals surface area contributed by atoms with Crippen molar-refractivity contribution in [2.45, 2.75) is 70.1 Å². The predicted molar refractivity (Wildman–Crippen MR) is 75.2 cm³/mol. The summed E-state index contributed by atoms with van der Waals surface area (Å²) in [6, 6.07) is 0.890. The second kappa shape index (κ2) is 6.22.